The van der Waals surface area contributed by atoms with Crippen molar-refractivity contribution >= 4 is 11.0 Å². The van der Waals surface area contributed by atoms with Gasteiger partial charge in [0.2, 0.25) is 0 Å². The SMILES string of the molecule is CNC(CN1CCCC1(C)C)c1cc2ccccc2o1. The number of likely N-dealkylation sites (N-methyl/N-ethyl adjacent to an activating group) is 1. The van der Waals surface area contributed by atoms with Crippen molar-refractivity contribution in [2.75, 3.05) is 20.1 Å². The Kier molecular flexibility index (Phi) is 3.57. The topological polar surface area (TPSA) is 28.4 Å². The van der Waals surface area contributed by atoms with Gasteiger partial charge in [-0.3, -0.25) is 4.90 Å². The summed E-state index contributed by atoms with van der Waals surface area (Å²) in [7, 11) is 2.01. The van der Waals surface area contributed by atoms with E-state index in [9.17, 15) is 0 Å². The first-order valence-electron chi connectivity index (χ1n) is 7.51. The monoisotopic (exact) mass is 272 g/mol. The highest BCUT2D eigenvalue weighted by Crippen LogP contribution is 2.31. The summed E-state index contributed by atoms with van der Waals surface area (Å²) in [4.78, 5) is 2.57. The van der Waals surface area contributed by atoms with E-state index in [1.165, 1.54) is 24.8 Å². The molecular weight excluding hydrogens is 248 g/mol. The lowest BCUT2D eigenvalue weighted by Gasteiger charge is -2.33. The zero-order valence-electron chi connectivity index (χ0n) is 12.6. The van der Waals surface area contributed by atoms with Crippen LogP contribution in [0, 0.1) is 0 Å². The first kappa shape index (κ1) is 13.7. The second-order valence-corrected chi connectivity index (χ2v) is 6.39. The fourth-order valence-corrected chi connectivity index (χ4v) is 3.22. The first-order chi connectivity index (χ1) is 9.60. The van der Waals surface area contributed by atoms with Crippen molar-refractivity contribution in [3.63, 3.8) is 0 Å². The van der Waals surface area contributed by atoms with Crippen LogP contribution in [-0.2, 0) is 0 Å². The third-order valence-corrected chi connectivity index (χ3v) is 4.61. The van der Waals surface area contributed by atoms with Gasteiger partial charge >= 0.3 is 0 Å². The highest BCUT2D eigenvalue weighted by Gasteiger charge is 2.33. The van der Waals surface area contributed by atoms with Gasteiger partial charge in [0, 0.05) is 17.5 Å². The van der Waals surface area contributed by atoms with Gasteiger partial charge in [-0.15, -0.1) is 0 Å². The lowest BCUT2D eigenvalue weighted by molar-refractivity contribution is 0.153. The van der Waals surface area contributed by atoms with Gasteiger partial charge in [0.05, 0.1) is 6.04 Å². The minimum absolute atomic E-state index is 0.250. The van der Waals surface area contributed by atoms with Crippen LogP contribution in [0.25, 0.3) is 11.0 Å². The summed E-state index contributed by atoms with van der Waals surface area (Å²) in [6.07, 6.45) is 2.58. The second kappa shape index (κ2) is 5.23. The van der Waals surface area contributed by atoms with E-state index in [-0.39, 0.29) is 6.04 Å². The maximum Gasteiger partial charge on any atom is 0.134 e. The molecule has 0 saturated carbocycles. The number of hydrogen-bond acceptors (Lipinski definition) is 3. The summed E-state index contributed by atoms with van der Waals surface area (Å²) >= 11 is 0. The van der Waals surface area contributed by atoms with Crippen molar-refractivity contribution in [1.82, 2.24) is 10.2 Å². The Labute approximate surface area is 120 Å². The van der Waals surface area contributed by atoms with E-state index in [1.807, 2.05) is 19.2 Å². The molecule has 3 nitrogen and oxygen atoms in total. The van der Waals surface area contributed by atoms with Gasteiger partial charge in [-0.2, -0.15) is 0 Å². The average Bonchev–Trinajstić information content (AvgIpc) is 2.98. The third kappa shape index (κ3) is 2.48. The zero-order chi connectivity index (χ0) is 14.2. The molecule has 1 aromatic carbocycles. The lowest BCUT2D eigenvalue weighted by Crippen LogP contribution is -2.42. The number of fused-ring (bicyclic) bond motifs is 1. The van der Waals surface area contributed by atoms with Crippen LogP contribution in [0.4, 0.5) is 0 Å². The van der Waals surface area contributed by atoms with E-state index in [0.717, 1.165) is 17.9 Å². The Balaban J connectivity index is 1.82. The number of benzene rings is 1. The molecule has 1 atom stereocenters. The quantitative estimate of drug-likeness (QED) is 0.922. The predicted octanol–water partition coefficient (Wildman–Crippen LogP) is 3.57. The van der Waals surface area contributed by atoms with Crippen molar-refractivity contribution in [3.05, 3.63) is 36.1 Å². The van der Waals surface area contributed by atoms with Crippen LogP contribution < -0.4 is 5.32 Å². The number of nitrogens with zero attached hydrogens (tertiary/aromatic N) is 1. The highest BCUT2D eigenvalue weighted by molar-refractivity contribution is 5.77. The fourth-order valence-electron chi connectivity index (χ4n) is 3.22. The van der Waals surface area contributed by atoms with Crippen molar-refractivity contribution in [1.29, 1.82) is 0 Å². The molecule has 1 N–H and O–H groups in total. The van der Waals surface area contributed by atoms with Gasteiger partial charge in [-0.05, 0) is 52.4 Å². The largest absolute Gasteiger partial charge is 0.459 e. The van der Waals surface area contributed by atoms with Crippen molar-refractivity contribution in [2.24, 2.45) is 0 Å². The molecule has 20 heavy (non-hydrogen) atoms. The second-order valence-electron chi connectivity index (χ2n) is 6.39. The van der Waals surface area contributed by atoms with E-state index in [1.54, 1.807) is 0 Å². The van der Waals surface area contributed by atoms with Crippen molar-refractivity contribution in [2.45, 2.75) is 38.3 Å². The van der Waals surface area contributed by atoms with E-state index < -0.39 is 0 Å². The normalized spacial score (nSPS) is 20.6. The van der Waals surface area contributed by atoms with Crippen LogP contribution >= 0.6 is 0 Å². The van der Waals surface area contributed by atoms with E-state index in [2.05, 4.69) is 42.3 Å². The molecule has 0 radical (unpaired) electrons. The summed E-state index contributed by atoms with van der Waals surface area (Å²) in [6, 6.07) is 10.6. The zero-order valence-corrected chi connectivity index (χ0v) is 12.6. The number of hydrogen-bond donors (Lipinski definition) is 1. The molecular formula is C17H24N2O. The summed E-state index contributed by atoms with van der Waals surface area (Å²) < 4.78 is 6.01. The Hall–Kier alpha value is -1.32. The standard InChI is InChI=1S/C17H24N2O/c1-17(2)9-6-10-19(17)12-14(18-3)16-11-13-7-4-5-8-15(13)20-16/h4-5,7-8,11,14,18H,6,9-10,12H2,1-3H3. The Morgan fingerprint density at radius 3 is 2.80 bits per heavy atom. The molecule has 3 rings (SSSR count). The summed E-state index contributed by atoms with van der Waals surface area (Å²) in [5.41, 5.74) is 1.28. The molecule has 1 aliphatic rings. The molecule has 1 aromatic heterocycles. The molecule has 1 unspecified atom stereocenters. The van der Waals surface area contributed by atoms with Crippen LogP contribution in [0.15, 0.2) is 34.7 Å². The summed E-state index contributed by atoms with van der Waals surface area (Å²) in [6.45, 7) is 6.87. The molecule has 1 saturated heterocycles. The highest BCUT2D eigenvalue weighted by atomic mass is 16.3. The number of rotatable bonds is 4. The molecule has 1 fully saturated rings. The Morgan fingerprint density at radius 1 is 1.35 bits per heavy atom. The molecule has 2 heterocycles. The van der Waals surface area contributed by atoms with Gasteiger partial charge in [-0.1, -0.05) is 18.2 Å². The number of furan rings is 1. The third-order valence-electron chi connectivity index (χ3n) is 4.61. The molecule has 0 bridgehead atoms. The van der Waals surface area contributed by atoms with Crippen LogP contribution in [0.5, 0.6) is 0 Å². The maximum absolute atomic E-state index is 6.01. The molecule has 0 aliphatic carbocycles. The van der Waals surface area contributed by atoms with Crippen LogP contribution in [0.1, 0.15) is 38.5 Å². The number of likely N-dealkylation sites (tertiary alicyclic amines) is 1. The number of nitrogens with one attached hydrogen (secondary N) is 1. The molecule has 108 valence electrons. The van der Waals surface area contributed by atoms with Gasteiger partial charge < -0.3 is 9.73 Å². The smallest absolute Gasteiger partial charge is 0.134 e. The van der Waals surface area contributed by atoms with E-state index >= 15 is 0 Å². The van der Waals surface area contributed by atoms with Gasteiger partial charge in [0.25, 0.3) is 0 Å². The Morgan fingerprint density at radius 2 is 2.15 bits per heavy atom. The van der Waals surface area contributed by atoms with Crippen molar-refractivity contribution < 1.29 is 4.42 Å². The van der Waals surface area contributed by atoms with Gasteiger partial charge in [-0.25, -0.2) is 0 Å². The lowest BCUT2D eigenvalue weighted by atomic mass is 10.0. The van der Waals surface area contributed by atoms with Crippen LogP contribution in [-0.4, -0.2) is 30.6 Å². The van der Waals surface area contributed by atoms with Gasteiger partial charge in [0.15, 0.2) is 0 Å². The summed E-state index contributed by atoms with van der Waals surface area (Å²) in [5, 5.41) is 4.59. The van der Waals surface area contributed by atoms with Crippen LogP contribution in [0.2, 0.25) is 0 Å². The Bertz CT molecular complexity index is 554. The van der Waals surface area contributed by atoms with Crippen molar-refractivity contribution in [3.8, 4) is 0 Å². The number of para-hydroxylation sites is 1. The van der Waals surface area contributed by atoms with E-state index in [4.69, 9.17) is 4.42 Å². The molecule has 0 spiro atoms. The predicted molar refractivity (Wildman–Crippen MR) is 82.9 cm³/mol. The van der Waals surface area contributed by atoms with Crippen LogP contribution in [0.3, 0.4) is 0 Å². The molecule has 1 aliphatic heterocycles. The average molecular weight is 272 g/mol. The minimum atomic E-state index is 0.250. The maximum atomic E-state index is 6.01. The first-order valence-corrected chi connectivity index (χ1v) is 7.51. The molecule has 3 heteroatoms. The van der Waals surface area contributed by atoms with Gasteiger partial charge in [0.1, 0.15) is 11.3 Å². The molecule has 2 aromatic rings. The minimum Gasteiger partial charge on any atom is -0.459 e. The molecule has 0 amide bonds. The summed E-state index contributed by atoms with van der Waals surface area (Å²) in [5.74, 6) is 1.04. The fraction of sp³-hybridized carbons (Fsp3) is 0.529. The van der Waals surface area contributed by atoms with E-state index in [0.29, 0.717) is 5.54 Å².